The topological polar surface area (TPSA) is 62.1 Å². The number of nitrogens with one attached hydrogen (secondary N) is 1. The van der Waals surface area contributed by atoms with Crippen molar-refractivity contribution in [1.29, 1.82) is 0 Å². The van der Waals surface area contributed by atoms with E-state index in [4.69, 9.17) is 5.73 Å². The maximum Gasteiger partial charge on any atom is 0.270 e. The number of nitrogens with zero attached hydrogens (tertiary/aromatic N) is 1. The first-order valence-electron chi connectivity index (χ1n) is 5.50. The molecule has 0 unspecified atom stereocenters. The molecule has 2 rings (SSSR count). The average molecular weight is 207 g/mol. The van der Waals surface area contributed by atoms with Crippen molar-refractivity contribution < 1.29 is 4.79 Å². The summed E-state index contributed by atoms with van der Waals surface area (Å²) in [5.41, 5.74) is 6.80. The van der Waals surface area contributed by atoms with Crippen LogP contribution in [0.2, 0.25) is 0 Å². The predicted octanol–water partition coefficient (Wildman–Crippen LogP) is 1.61. The fourth-order valence-corrected chi connectivity index (χ4v) is 1.98. The van der Waals surface area contributed by atoms with Crippen molar-refractivity contribution >= 4 is 11.6 Å². The maximum atomic E-state index is 12.0. The molecule has 0 aromatic carbocycles. The molecule has 1 amide bonds. The summed E-state index contributed by atoms with van der Waals surface area (Å²) in [6.07, 6.45) is 6.35. The molecule has 1 fully saturated rings. The Morgan fingerprint density at radius 1 is 1.27 bits per heavy atom. The summed E-state index contributed by atoms with van der Waals surface area (Å²) in [7, 11) is 0. The minimum Gasteiger partial charge on any atom is -0.397 e. The van der Waals surface area contributed by atoms with Crippen LogP contribution < -0.4 is 5.73 Å². The molecule has 1 aliphatic rings. The molecule has 1 saturated heterocycles. The Balaban J connectivity index is 2.06. The highest BCUT2D eigenvalue weighted by atomic mass is 16.2. The summed E-state index contributed by atoms with van der Waals surface area (Å²) in [6, 6.07) is 1.70. The molecule has 82 valence electrons. The summed E-state index contributed by atoms with van der Waals surface area (Å²) in [6.45, 7) is 1.75. The van der Waals surface area contributed by atoms with Gasteiger partial charge < -0.3 is 15.6 Å². The van der Waals surface area contributed by atoms with Crippen LogP contribution >= 0.6 is 0 Å². The Morgan fingerprint density at radius 3 is 2.47 bits per heavy atom. The van der Waals surface area contributed by atoms with Gasteiger partial charge in [0.1, 0.15) is 5.69 Å². The van der Waals surface area contributed by atoms with Crippen LogP contribution in [0.15, 0.2) is 12.3 Å². The van der Waals surface area contributed by atoms with Gasteiger partial charge in [-0.05, 0) is 18.9 Å². The van der Waals surface area contributed by atoms with Crippen molar-refractivity contribution in [2.45, 2.75) is 25.7 Å². The van der Waals surface area contributed by atoms with Gasteiger partial charge in [0.15, 0.2) is 0 Å². The number of aromatic amines is 1. The van der Waals surface area contributed by atoms with Gasteiger partial charge in [-0.1, -0.05) is 12.8 Å². The van der Waals surface area contributed by atoms with Crippen molar-refractivity contribution in [3.05, 3.63) is 18.0 Å². The van der Waals surface area contributed by atoms with Gasteiger partial charge in [0.2, 0.25) is 0 Å². The maximum absolute atomic E-state index is 12.0. The van der Waals surface area contributed by atoms with Gasteiger partial charge in [-0.25, -0.2) is 0 Å². The van der Waals surface area contributed by atoms with E-state index < -0.39 is 0 Å². The zero-order valence-electron chi connectivity index (χ0n) is 8.83. The largest absolute Gasteiger partial charge is 0.397 e. The molecule has 0 radical (unpaired) electrons. The third-order valence-corrected chi connectivity index (χ3v) is 2.83. The predicted molar refractivity (Wildman–Crippen MR) is 59.6 cm³/mol. The lowest BCUT2D eigenvalue weighted by Gasteiger charge is -2.19. The molecular weight excluding hydrogens is 190 g/mol. The van der Waals surface area contributed by atoms with Crippen molar-refractivity contribution in [3.63, 3.8) is 0 Å². The summed E-state index contributed by atoms with van der Waals surface area (Å²) >= 11 is 0. The minimum atomic E-state index is 0.0774. The first-order valence-corrected chi connectivity index (χ1v) is 5.50. The van der Waals surface area contributed by atoms with Gasteiger partial charge in [-0.2, -0.15) is 0 Å². The van der Waals surface area contributed by atoms with Crippen molar-refractivity contribution in [1.82, 2.24) is 9.88 Å². The summed E-state index contributed by atoms with van der Waals surface area (Å²) in [5, 5.41) is 0. The number of nitrogens with two attached hydrogens (primary N) is 1. The second kappa shape index (κ2) is 4.38. The van der Waals surface area contributed by atoms with Crippen molar-refractivity contribution in [2.75, 3.05) is 18.8 Å². The average Bonchev–Trinajstić information content (AvgIpc) is 2.53. The van der Waals surface area contributed by atoms with Gasteiger partial charge >= 0.3 is 0 Å². The second-order valence-electron chi connectivity index (χ2n) is 4.05. The molecule has 1 aromatic rings. The van der Waals surface area contributed by atoms with Crippen molar-refractivity contribution in [3.8, 4) is 0 Å². The highest BCUT2D eigenvalue weighted by Gasteiger charge is 2.17. The number of hydrogen-bond donors (Lipinski definition) is 2. The van der Waals surface area contributed by atoms with E-state index in [9.17, 15) is 4.79 Å². The summed E-state index contributed by atoms with van der Waals surface area (Å²) in [5.74, 6) is 0.0774. The van der Waals surface area contributed by atoms with Crippen LogP contribution in [0.3, 0.4) is 0 Å². The lowest BCUT2D eigenvalue weighted by molar-refractivity contribution is 0.0756. The molecule has 2 heterocycles. The zero-order valence-corrected chi connectivity index (χ0v) is 8.83. The first-order chi connectivity index (χ1) is 7.27. The second-order valence-corrected chi connectivity index (χ2v) is 4.05. The van der Waals surface area contributed by atoms with E-state index in [1.165, 1.54) is 12.8 Å². The van der Waals surface area contributed by atoms with E-state index in [-0.39, 0.29) is 5.91 Å². The molecule has 0 saturated carbocycles. The van der Waals surface area contributed by atoms with Crippen LogP contribution in [0.1, 0.15) is 36.2 Å². The molecular formula is C11H17N3O. The van der Waals surface area contributed by atoms with Gasteiger partial charge in [0.25, 0.3) is 5.91 Å². The molecule has 0 spiro atoms. The number of anilines is 1. The lowest BCUT2D eigenvalue weighted by atomic mass is 10.2. The number of nitrogen functional groups attached to an aromatic ring is 1. The van der Waals surface area contributed by atoms with Crippen LogP contribution in [-0.4, -0.2) is 28.9 Å². The van der Waals surface area contributed by atoms with Crippen LogP contribution in [0.4, 0.5) is 5.69 Å². The standard InChI is InChI=1S/C11H17N3O/c12-9-7-10(13-8-9)11(15)14-5-3-1-2-4-6-14/h7-8,13H,1-6,12H2. The SMILES string of the molecule is Nc1c[nH]c(C(=O)N2CCCCCC2)c1. The number of aromatic nitrogens is 1. The fourth-order valence-electron chi connectivity index (χ4n) is 1.98. The van der Waals surface area contributed by atoms with Gasteiger partial charge in [0.05, 0.1) is 0 Å². The Labute approximate surface area is 89.5 Å². The van der Waals surface area contributed by atoms with E-state index in [0.29, 0.717) is 11.4 Å². The first kappa shape index (κ1) is 10.1. The number of carbonyl (C=O) groups excluding carboxylic acids is 1. The summed E-state index contributed by atoms with van der Waals surface area (Å²) in [4.78, 5) is 16.8. The Hall–Kier alpha value is -1.45. The highest BCUT2D eigenvalue weighted by molar-refractivity contribution is 5.93. The smallest absolute Gasteiger partial charge is 0.270 e. The highest BCUT2D eigenvalue weighted by Crippen LogP contribution is 2.13. The summed E-state index contributed by atoms with van der Waals surface area (Å²) < 4.78 is 0. The van der Waals surface area contributed by atoms with Crippen LogP contribution in [0, 0.1) is 0 Å². The Morgan fingerprint density at radius 2 is 1.93 bits per heavy atom. The molecule has 0 aliphatic carbocycles. The molecule has 1 aliphatic heterocycles. The number of hydrogen-bond acceptors (Lipinski definition) is 2. The third kappa shape index (κ3) is 2.32. The van der Waals surface area contributed by atoms with Gasteiger partial charge in [-0.15, -0.1) is 0 Å². The van der Waals surface area contributed by atoms with E-state index in [1.54, 1.807) is 12.3 Å². The van der Waals surface area contributed by atoms with Gasteiger partial charge in [-0.3, -0.25) is 4.79 Å². The molecule has 4 nitrogen and oxygen atoms in total. The lowest BCUT2D eigenvalue weighted by Crippen LogP contribution is -2.31. The minimum absolute atomic E-state index is 0.0774. The number of carbonyl (C=O) groups is 1. The molecule has 0 atom stereocenters. The molecule has 4 heteroatoms. The third-order valence-electron chi connectivity index (χ3n) is 2.83. The van der Waals surface area contributed by atoms with Gasteiger partial charge in [0, 0.05) is 25.0 Å². The van der Waals surface area contributed by atoms with Crippen LogP contribution in [0.25, 0.3) is 0 Å². The zero-order chi connectivity index (χ0) is 10.7. The molecule has 0 bridgehead atoms. The van der Waals surface area contributed by atoms with E-state index in [2.05, 4.69) is 4.98 Å². The molecule has 15 heavy (non-hydrogen) atoms. The Bertz CT molecular complexity index is 337. The number of rotatable bonds is 1. The van der Waals surface area contributed by atoms with E-state index >= 15 is 0 Å². The van der Waals surface area contributed by atoms with E-state index in [1.807, 2.05) is 4.90 Å². The molecule has 1 aromatic heterocycles. The molecule has 3 N–H and O–H groups in total. The number of amides is 1. The normalized spacial score (nSPS) is 17.5. The Kier molecular flexibility index (Phi) is 2.94. The number of H-pyrrole nitrogens is 1. The van der Waals surface area contributed by atoms with Crippen LogP contribution in [0.5, 0.6) is 0 Å². The van der Waals surface area contributed by atoms with Crippen LogP contribution in [-0.2, 0) is 0 Å². The fraction of sp³-hybridized carbons (Fsp3) is 0.545. The van der Waals surface area contributed by atoms with Crippen molar-refractivity contribution in [2.24, 2.45) is 0 Å². The monoisotopic (exact) mass is 207 g/mol. The van der Waals surface area contributed by atoms with E-state index in [0.717, 1.165) is 25.9 Å². The quantitative estimate of drug-likeness (QED) is 0.735. The number of likely N-dealkylation sites (tertiary alicyclic amines) is 1.